The van der Waals surface area contributed by atoms with Gasteiger partial charge in [-0.15, -0.1) is 0 Å². The molecule has 17 heavy (non-hydrogen) atoms. The van der Waals surface area contributed by atoms with Gasteiger partial charge in [0, 0.05) is 32.7 Å². The average Bonchev–Trinajstić information content (AvgIpc) is 2.38. The summed E-state index contributed by atoms with van der Waals surface area (Å²) in [5.74, 6) is -1.16. The van der Waals surface area contributed by atoms with Gasteiger partial charge in [0.2, 0.25) is 0 Å². The van der Waals surface area contributed by atoms with E-state index in [-0.39, 0.29) is 0 Å². The number of hydrogen-bond donors (Lipinski definition) is 2. The summed E-state index contributed by atoms with van der Waals surface area (Å²) in [6, 6.07) is 9.47. The lowest BCUT2D eigenvalue weighted by atomic mass is 9.98. The van der Waals surface area contributed by atoms with Gasteiger partial charge in [-0.3, -0.25) is 9.69 Å². The van der Waals surface area contributed by atoms with Crippen LogP contribution in [0.4, 0.5) is 0 Å². The smallest absolute Gasteiger partial charge is 0.312 e. The van der Waals surface area contributed by atoms with E-state index in [4.69, 9.17) is 0 Å². The molecule has 0 aliphatic carbocycles. The number of nitrogens with zero attached hydrogens (tertiary/aromatic N) is 1. The normalized spacial score (nSPS) is 18.8. The van der Waals surface area contributed by atoms with Gasteiger partial charge in [0.25, 0.3) is 0 Å². The van der Waals surface area contributed by atoms with Crippen LogP contribution in [0, 0.1) is 0 Å². The van der Waals surface area contributed by atoms with E-state index in [1.807, 2.05) is 30.3 Å². The van der Waals surface area contributed by atoms with E-state index in [1.165, 1.54) is 0 Å². The number of nitrogens with one attached hydrogen (secondary N) is 1. The Balaban J connectivity index is 2.05. The molecule has 0 amide bonds. The minimum Gasteiger partial charge on any atom is -0.481 e. The zero-order valence-corrected chi connectivity index (χ0v) is 9.80. The van der Waals surface area contributed by atoms with Crippen molar-refractivity contribution >= 4 is 5.97 Å². The van der Waals surface area contributed by atoms with Crippen molar-refractivity contribution in [3.8, 4) is 0 Å². The van der Waals surface area contributed by atoms with Crippen molar-refractivity contribution in [1.29, 1.82) is 0 Å². The molecule has 1 unspecified atom stereocenters. The van der Waals surface area contributed by atoms with Crippen LogP contribution in [0.2, 0.25) is 0 Å². The molecular formula is C13H18N2O2. The number of rotatable bonds is 4. The summed E-state index contributed by atoms with van der Waals surface area (Å²) in [5, 5.41) is 12.6. The van der Waals surface area contributed by atoms with Crippen molar-refractivity contribution in [2.75, 3.05) is 32.7 Å². The molecule has 2 N–H and O–H groups in total. The second kappa shape index (κ2) is 5.80. The van der Waals surface area contributed by atoms with Crippen LogP contribution in [0.1, 0.15) is 11.5 Å². The molecule has 0 saturated carbocycles. The van der Waals surface area contributed by atoms with E-state index in [1.54, 1.807) is 0 Å². The van der Waals surface area contributed by atoms with E-state index in [2.05, 4.69) is 10.2 Å². The van der Waals surface area contributed by atoms with Crippen LogP contribution in [0.25, 0.3) is 0 Å². The summed E-state index contributed by atoms with van der Waals surface area (Å²) >= 11 is 0. The second-order valence-corrected chi connectivity index (χ2v) is 4.35. The maximum absolute atomic E-state index is 11.3. The van der Waals surface area contributed by atoms with Crippen molar-refractivity contribution in [2.45, 2.75) is 5.92 Å². The predicted octanol–water partition coefficient (Wildman–Crippen LogP) is 0.760. The molecule has 1 aliphatic heterocycles. The minimum absolute atomic E-state index is 0.422. The number of carbonyl (C=O) groups is 1. The highest BCUT2D eigenvalue weighted by Crippen LogP contribution is 2.17. The van der Waals surface area contributed by atoms with E-state index >= 15 is 0 Å². The van der Waals surface area contributed by atoms with Gasteiger partial charge in [-0.05, 0) is 5.56 Å². The summed E-state index contributed by atoms with van der Waals surface area (Å²) in [4.78, 5) is 13.5. The average molecular weight is 234 g/mol. The molecule has 4 nitrogen and oxygen atoms in total. The maximum Gasteiger partial charge on any atom is 0.312 e. The first-order chi connectivity index (χ1) is 8.27. The lowest BCUT2D eigenvalue weighted by Gasteiger charge is -2.29. The van der Waals surface area contributed by atoms with Gasteiger partial charge in [-0.25, -0.2) is 0 Å². The third-order valence-corrected chi connectivity index (χ3v) is 3.15. The molecule has 92 valence electrons. The Morgan fingerprint density at radius 1 is 1.29 bits per heavy atom. The summed E-state index contributed by atoms with van der Waals surface area (Å²) in [7, 11) is 0. The van der Waals surface area contributed by atoms with E-state index in [0.29, 0.717) is 6.54 Å². The highest BCUT2D eigenvalue weighted by Gasteiger charge is 2.23. The molecule has 0 radical (unpaired) electrons. The molecule has 1 fully saturated rings. The Hall–Kier alpha value is -1.39. The number of hydrogen-bond acceptors (Lipinski definition) is 3. The van der Waals surface area contributed by atoms with Crippen LogP contribution in [-0.4, -0.2) is 48.7 Å². The largest absolute Gasteiger partial charge is 0.481 e. The van der Waals surface area contributed by atoms with E-state index < -0.39 is 11.9 Å². The molecule has 2 rings (SSSR count). The van der Waals surface area contributed by atoms with Gasteiger partial charge in [0.05, 0.1) is 5.92 Å². The first kappa shape index (κ1) is 12.1. The fourth-order valence-electron chi connectivity index (χ4n) is 2.16. The third-order valence-electron chi connectivity index (χ3n) is 3.15. The molecule has 1 aromatic carbocycles. The summed E-state index contributed by atoms with van der Waals surface area (Å²) in [6.07, 6.45) is 0. The quantitative estimate of drug-likeness (QED) is 0.807. The van der Waals surface area contributed by atoms with Crippen molar-refractivity contribution < 1.29 is 9.90 Å². The standard InChI is InChI=1S/C13H18N2O2/c16-13(17)12(11-4-2-1-3-5-11)10-15-8-6-14-7-9-15/h1-5,12,14H,6-10H2,(H,16,17). The predicted molar refractivity (Wildman–Crippen MR) is 66.1 cm³/mol. The van der Waals surface area contributed by atoms with Gasteiger partial charge in [-0.2, -0.15) is 0 Å². The van der Waals surface area contributed by atoms with Crippen molar-refractivity contribution in [2.24, 2.45) is 0 Å². The summed E-state index contributed by atoms with van der Waals surface area (Å²) < 4.78 is 0. The molecular weight excluding hydrogens is 216 g/mol. The van der Waals surface area contributed by atoms with Gasteiger partial charge >= 0.3 is 5.97 Å². The molecule has 1 saturated heterocycles. The zero-order chi connectivity index (χ0) is 12.1. The lowest BCUT2D eigenvalue weighted by Crippen LogP contribution is -2.45. The van der Waals surface area contributed by atoms with Crippen LogP contribution in [-0.2, 0) is 4.79 Å². The Kier molecular flexibility index (Phi) is 4.12. The zero-order valence-electron chi connectivity index (χ0n) is 9.80. The van der Waals surface area contributed by atoms with Gasteiger partial charge in [0.15, 0.2) is 0 Å². The van der Waals surface area contributed by atoms with Gasteiger partial charge < -0.3 is 10.4 Å². The number of piperazine rings is 1. The summed E-state index contributed by atoms with van der Waals surface area (Å²) in [5.41, 5.74) is 0.888. The van der Waals surface area contributed by atoms with Crippen molar-refractivity contribution in [3.63, 3.8) is 0 Å². The molecule has 0 spiro atoms. The van der Waals surface area contributed by atoms with Crippen LogP contribution >= 0.6 is 0 Å². The van der Waals surface area contributed by atoms with Crippen molar-refractivity contribution in [3.05, 3.63) is 35.9 Å². The number of benzene rings is 1. The van der Waals surface area contributed by atoms with Crippen LogP contribution in [0.15, 0.2) is 30.3 Å². The minimum atomic E-state index is -0.741. The Morgan fingerprint density at radius 2 is 1.94 bits per heavy atom. The Bertz CT molecular complexity index is 361. The number of aliphatic carboxylic acids is 1. The highest BCUT2D eigenvalue weighted by molar-refractivity contribution is 5.76. The van der Waals surface area contributed by atoms with Gasteiger partial charge in [0.1, 0.15) is 0 Å². The van der Waals surface area contributed by atoms with E-state index in [9.17, 15) is 9.90 Å². The monoisotopic (exact) mass is 234 g/mol. The number of carboxylic acids is 1. The first-order valence-electron chi connectivity index (χ1n) is 5.98. The van der Waals surface area contributed by atoms with Crippen LogP contribution in [0.5, 0.6) is 0 Å². The van der Waals surface area contributed by atoms with Crippen LogP contribution in [0.3, 0.4) is 0 Å². The molecule has 1 atom stereocenters. The topological polar surface area (TPSA) is 52.6 Å². The second-order valence-electron chi connectivity index (χ2n) is 4.35. The Morgan fingerprint density at radius 3 is 2.53 bits per heavy atom. The highest BCUT2D eigenvalue weighted by atomic mass is 16.4. The fourth-order valence-corrected chi connectivity index (χ4v) is 2.16. The molecule has 1 aromatic rings. The van der Waals surface area contributed by atoms with E-state index in [0.717, 1.165) is 31.7 Å². The molecule has 0 bridgehead atoms. The summed E-state index contributed by atoms with van der Waals surface area (Å²) in [6.45, 7) is 4.34. The third kappa shape index (κ3) is 3.28. The molecule has 0 aromatic heterocycles. The molecule has 4 heteroatoms. The maximum atomic E-state index is 11.3. The van der Waals surface area contributed by atoms with Crippen LogP contribution < -0.4 is 5.32 Å². The number of carboxylic acid groups (broad SMARTS) is 1. The molecule has 1 aliphatic rings. The molecule has 1 heterocycles. The Labute approximate surface area is 101 Å². The van der Waals surface area contributed by atoms with Crippen molar-refractivity contribution in [1.82, 2.24) is 10.2 Å². The fraction of sp³-hybridized carbons (Fsp3) is 0.462. The lowest BCUT2D eigenvalue weighted by molar-refractivity contribution is -0.139. The van der Waals surface area contributed by atoms with Gasteiger partial charge in [-0.1, -0.05) is 30.3 Å². The SMILES string of the molecule is O=C(O)C(CN1CCNCC1)c1ccccc1. The first-order valence-corrected chi connectivity index (χ1v) is 5.98.